The summed E-state index contributed by atoms with van der Waals surface area (Å²) in [6.07, 6.45) is 3.38. The van der Waals surface area contributed by atoms with Crippen LogP contribution in [0.2, 0.25) is 10.0 Å². The standard InChI is InChI=1S/C14H19Cl2NO/c1-3-14(17-8-5-9-18-4-2)12-7-6-11(15)10-13(12)16/h4,6-7,10,14,17H,2-3,5,8-9H2,1H3. The first-order valence-electron chi connectivity index (χ1n) is 6.09. The van der Waals surface area contributed by atoms with Crippen LogP contribution in [0.4, 0.5) is 0 Å². The summed E-state index contributed by atoms with van der Waals surface area (Å²) in [6.45, 7) is 7.19. The lowest BCUT2D eigenvalue weighted by molar-refractivity contribution is 0.242. The molecule has 0 saturated carbocycles. The molecule has 1 N–H and O–H groups in total. The lowest BCUT2D eigenvalue weighted by atomic mass is 10.0. The highest BCUT2D eigenvalue weighted by atomic mass is 35.5. The number of nitrogens with one attached hydrogen (secondary N) is 1. The van der Waals surface area contributed by atoms with Gasteiger partial charge in [0.15, 0.2) is 0 Å². The lowest BCUT2D eigenvalue weighted by Gasteiger charge is -2.18. The van der Waals surface area contributed by atoms with Crippen LogP contribution in [0, 0.1) is 0 Å². The molecule has 1 aromatic rings. The summed E-state index contributed by atoms with van der Waals surface area (Å²) in [6, 6.07) is 5.88. The molecule has 0 amide bonds. The van der Waals surface area contributed by atoms with Crippen molar-refractivity contribution in [2.45, 2.75) is 25.8 Å². The smallest absolute Gasteiger partial charge is 0.0885 e. The SMILES string of the molecule is C=COCCCNC(CC)c1ccc(Cl)cc1Cl. The summed E-state index contributed by atoms with van der Waals surface area (Å²) in [5, 5.41) is 4.84. The van der Waals surface area contributed by atoms with Gasteiger partial charge in [0.1, 0.15) is 0 Å². The van der Waals surface area contributed by atoms with Crippen LogP contribution < -0.4 is 5.32 Å². The second-order valence-electron chi connectivity index (χ2n) is 3.97. The Balaban J connectivity index is 2.52. The van der Waals surface area contributed by atoms with Gasteiger partial charge < -0.3 is 10.1 Å². The van der Waals surface area contributed by atoms with Crippen molar-refractivity contribution in [3.8, 4) is 0 Å². The number of rotatable bonds is 8. The molecule has 0 aliphatic carbocycles. The maximum atomic E-state index is 6.20. The highest BCUT2D eigenvalue weighted by Gasteiger charge is 2.12. The summed E-state index contributed by atoms with van der Waals surface area (Å²) in [7, 11) is 0. The van der Waals surface area contributed by atoms with E-state index in [0.29, 0.717) is 16.7 Å². The van der Waals surface area contributed by atoms with E-state index in [1.807, 2.05) is 12.1 Å². The van der Waals surface area contributed by atoms with Crippen LogP contribution in [-0.2, 0) is 4.74 Å². The quantitative estimate of drug-likeness (QED) is 0.558. The van der Waals surface area contributed by atoms with Gasteiger partial charge in [0, 0.05) is 16.1 Å². The predicted octanol–water partition coefficient (Wildman–Crippen LogP) is 4.58. The minimum Gasteiger partial charge on any atom is -0.502 e. The molecule has 0 aliphatic heterocycles. The zero-order chi connectivity index (χ0) is 13.4. The van der Waals surface area contributed by atoms with Crippen LogP contribution in [0.15, 0.2) is 31.0 Å². The van der Waals surface area contributed by atoms with Gasteiger partial charge in [-0.3, -0.25) is 0 Å². The van der Waals surface area contributed by atoms with Gasteiger partial charge in [0.05, 0.1) is 12.9 Å². The first kappa shape index (κ1) is 15.4. The Morgan fingerprint density at radius 3 is 2.83 bits per heavy atom. The van der Waals surface area contributed by atoms with Crippen molar-refractivity contribution in [3.05, 3.63) is 46.6 Å². The van der Waals surface area contributed by atoms with Crippen LogP contribution in [0.1, 0.15) is 31.4 Å². The van der Waals surface area contributed by atoms with Gasteiger partial charge in [-0.2, -0.15) is 0 Å². The van der Waals surface area contributed by atoms with E-state index in [4.69, 9.17) is 27.9 Å². The third-order valence-corrected chi connectivity index (χ3v) is 3.26. The second kappa shape index (κ2) is 8.41. The molecule has 0 aromatic heterocycles. The van der Waals surface area contributed by atoms with Crippen molar-refractivity contribution in [1.82, 2.24) is 5.32 Å². The lowest BCUT2D eigenvalue weighted by Crippen LogP contribution is -2.23. The number of hydrogen-bond acceptors (Lipinski definition) is 2. The minimum atomic E-state index is 0.249. The highest BCUT2D eigenvalue weighted by Crippen LogP contribution is 2.27. The van der Waals surface area contributed by atoms with E-state index in [2.05, 4.69) is 18.8 Å². The van der Waals surface area contributed by atoms with Crippen molar-refractivity contribution in [2.75, 3.05) is 13.2 Å². The Bertz CT molecular complexity index is 382. The normalized spacial score (nSPS) is 12.2. The average molecular weight is 288 g/mol. The van der Waals surface area contributed by atoms with E-state index in [0.717, 1.165) is 24.9 Å². The molecular formula is C14H19Cl2NO. The molecule has 0 bridgehead atoms. The maximum Gasteiger partial charge on any atom is 0.0885 e. The Labute approximate surface area is 119 Å². The van der Waals surface area contributed by atoms with Gasteiger partial charge in [-0.25, -0.2) is 0 Å². The molecule has 0 heterocycles. The summed E-state index contributed by atoms with van der Waals surface area (Å²) in [5.74, 6) is 0. The van der Waals surface area contributed by atoms with E-state index in [-0.39, 0.29) is 6.04 Å². The van der Waals surface area contributed by atoms with Gasteiger partial charge >= 0.3 is 0 Å². The molecule has 2 nitrogen and oxygen atoms in total. The fourth-order valence-electron chi connectivity index (χ4n) is 1.77. The fourth-order valence-corrected chi connectivity index (χ4v) is 2.31. The monoisotopic (exact) mass is 287 g/mol. The molecule has 0 aliphatic rings. The minimum absolute atomic E-state index is 0.249. The van der Waals surface area contributed by atoms with Crippen molar-refractivity contribution >= 4 is 23.2 Å². The molecule has 100 valence electrons. The Hall–Kier alpha value is -0.700. The van der Waals surface area contributed by atoms with Crippen LogP contribution >= 0.6 is 23.2 Å². The highest BCUT2D eigenvalue weighted by molar-refractivity contribution is 6.35. The van der Waals surface area contributed by atoms with E-state index in [9.17, 15) is 0 Å². The molecule has 1 atom stereocenters. The number of benzene rings is 1. The molecule has 4 heteroatoms. The fraction of sp³-hybridized carbons (Fsp3) is 0.429. The van der Waals surface area contributed by atoms with Crippen LogP contribution in [0.25, 0.3) is 0 Å². The topological polar surface area (TPSA) is 21.3 Å². The second-order valence-corrected chi connectivity index (χ2v) is 4.82. The molecule has 1 aromatic carbocycles. The molecule has 0 fully saturated rings. The van der Waals surface area contributed by atoms with Gasteiger partial charge in [-0.1, -0.05) is 42.8 Å². The largest absolute Gasteiger partial charge is 0.502 e. The first-order chi connectivity index (χ1) is 8.69. The molecule has 18 heavy (non-hydrogen) atoms. The Kier molecular flexibility index (Phi) is 7.18. The third kappa shape index (κ3) is 4.89. The van der Waals surface area contributed by atoms with Crippen molar-refractivity contribution in [1.29, 1.82) is 0 Å². The summed E-state index contributed by atoms with van der Waals surface area (Å²) in [5.41, 5.74) is 1.09. The van der Waals surface area contributed by atoms with E-state index in [1.54, 1.807) is 6.07 Å². The average Bonchev–Trinajstić information content (AvgIpc) is 2.35. The van der Waals surface area contributed by atoms with Crippen LogP contribution in [0.5, 0.6) is 0 Å². The number of ether oxygens (including phenoxy) is 1. The molecule has 0 saturated heterocycles. The first-order valence-corrected chi connectivity index (χ1v) is 6.85. The maximum absolute atomic E-state index is 6.20. The van der Waals surface area contributed by atoms with Crippen molar-refractivity contribution < 1.29 is 4.74 Å². The molecule has 0 spiro atoms. The summed E-state index contributed by atoms with van der Waals surface area (Å²) < 4.78 is 5.07. The van der Waals surface area contributed by atoms with Gasteiger partial charge in [0.25, 0.3) is 0 Å². The Morgan fingerprint density at radius 2 is 2.22 bits per heavy atom. The predicted molar refractivity (Wildman–Crippen MR) is 78.3 cm³/mol. The van der Waals surface area contributed by atoms with Crippen molar-refractivity contribution in [2.24, 2.45) is 0 Å². The third-order valence-electron chi connectivity index (χ3n) is 2.69. The number of halogens is 2. The summed E-state index contributed by atoms with van der Waals surface area (Å²) in [4.78, 5) is 0. The molecule has 0 radical (unpaired) electrons. The van der Waals surface area contributed by atoms with E-state index in [1.165, 1.54) is 6.26 Å². The zero-order valence-corrected chi connectivity index (χ0v) is 12.1. The molecule has 1 unspecified atom stereocenters. The van der Waals surface area contributed by atoms with Gasteiger partial charge in [-0.05, 0) is 37.1 Å². The van der Waals surface area contributed by atoms with E-state index < -0.39 is 0 Å². The Morgan fingerprint density at radius 1 is 1.44 bits per heavy atom. The molecule has 1 rings (SSSR count). The van der Waals surface area contributed by atoms with Crippen LogP contribution in [0.3, 0.4) is 0 Å². The summed E-state index contributed by atoms with van der Waals surface area (Å²) >= 11 is 12.1. The van der Waals surface area contributed by atoms with E-state index >= 15 is 0 Å². The van der Waals surface area contributed by atoms with Gasteiger partial charge in [0.2, 0.25) is 0 Å². The van der Waals surface area contributed by atoms with Gasteiger partial charge in [-0.15, -0.1) is 0 Å². The number of hydrogen-bond donors (Lipinski definition) is 1. The zero-order valence-electron chi connectivity index (χ0n) is 10.6. The van der Waals surface area contributed by atoms with Crippen molar-refractivity contribution in [3.63, 3.8) is 0 Å². The van der Waals surface area contributed by atoms with Crippen LogP contribution in [-0.4, -0.2) is 13.2 Å². The molecular weight excluding hydrogens is 269 g/mol.